The first kappa shape index (κ1) is 19.7. The van der Waals surface area contributed by atoms with Crippen LogP contribution in [0.2, 0.25) is 0 Å². The second kappa shape index (κ2) is 9.25. The van der Waals surface area contributed by atoms with Crippen molar-refractivity contribution in [1.29, 1.82) is 0 Å². The highest BCUT2D eigenvalue weighted by atomic mass is 32.2. The van der Waals surface area contributed by atoms with E-state index in [-0.39, 0.29) is 0 Å². The first-order valence-electron chi connectivity index (χ1n) is 9.24. The van der Waals surface area contributed by atoms with Gasteiger partial charge >= 0.3 is 0 Å². The van der Waals surface area contributed by atoms with Gasteiger partial charge in [0.25, 0.3) is 0 Å². The lowest BCUT2D eigenvalue weighted by Crippen LogP contribution is -2.13. The van der Waals surface area contributed by atoms with Crippen molar-refractivity contribution in [3.05, 3.63) is 24.0 Å². The zero-order valence-corrected chi connectivity index (χ0v) is 16.9. The topological polar surface area (TPSA) is 87.2 Å². The molecule has 0 aliphatic carbocycles. The fourth-order valence-corrected chi connectivity index (χ4v) is 3.40. The number of ether oxygens (including phenoxy) is 2. The molecule has 0 fully saturated rings. The average molecular weight is 390 g/mol. The Morgan fingerprint density at radius 3 is 2.85 bits per heavy atom. The maximum absolute atomic E-state index is 6.24. The maximum Gasteiger partial charge on any atom is 0.152 e. The van der Waals surface area contributed by atoms with E-state index in [0.717, 1.165) is 53.0 Å². The van der Waals surface area contributed by atoms with Crippen molar-refractivity contribution in [2.45, 2.75) is 33.4 Å². The SMILES string of the molecule is CCCn1c(COCC)nc2c(N)nc3cc(OCCNSC)ccc3c21. The summed E-state index contributed by atoms with van der Waals surface area (Å²) in [7, 11) is 0. The number of nitrogens with zero attached hydrogens (tertiary/aromatic N) is 3. The van der Waals surface area contributed by atoms with E-state index in [1.54, 1.807) is 11.9 Å². The number of nitrogens with one attached hydrogen (secondary N) is 1. The second-order valence-electron chi connectivity index (χ2n) is 6.14. The third kappa shape index (κ3) is 4.28. The quantitative estimate of drug-likeness (QED) is 0.406. The van der Waals surface area contributed by atoms with E-state index in [1.165, 1.54) is 0 Å². The Kier molecular flexibility index (Phi) is 6.76. The predicted molar refractivity (Wildman–Crippen MR) is 112 cm³/mol. The Morgan fingerprint density at radius 2 is 2.11 bits per heavy atom. The second-order valence-corrected chi connectivity index (χ2v) is 6.83. The minimum atomic E-state index is 0.436. The summed E-state index contributed by atoms with van der Waals surface area (Å²) in [6.07, 6.45) is 2.99. The largest absolute Gasteiger partial charge is 0.492 e. The van der Waals surface area contributed by atoms with E-state index >= 15 is 0 Å². The first-order chi connectivity index (χ1) is 13.2. The molecular weight excluding hydrogens is 362 g/mol. The van der Waals surface area contributed by atoms with Gasteiger partial charge in [-0.2, -0.15) is 0 Å². The molecule has 0 unspecified atom stereocenters. The Hall–Kier alpha value is -2.03. The van der Waals surface area contributed by atoms with Crippen LogP contribution < -0.4 is 15.2 Å². The van der Waals surface area contributed by atoms with Crippen molar-refractivity contribution in [3.8, 4) is 5.75 Å². The van der Waals surface area contributed by atoms with Gasteiger partial charge in [0, 0.05) is 31.1 Å². The van der Waals surface area contributed by atoms with Crippen LogP contribution >= 0.6 is 11.9 Å². The molecule has 146 valence electrons. The Morgan fingerprint density at radius 1 is 1.26 bits per heavy atom. The normalized spacial score (nSPS) is 11.5. The molecule has 3 rings (SSSR count). The van der Waals surface area contributed by atoms with Gasteiger partial charge in [-0.3, -0.25) is 4.72 Å². The average Bonchev–Trinajstić information content (AvgIpc) is 3.03. The fraction of sp³-hybridized carbons (Fsp3) is 0.474. The lowest BCUT2D eigenvalue weighted by atomic mass is 10.1. The van der Waals surface area contributed by atoms with Gasteiger partial charge in [0.15, 0.2) is 5.82 Å². The van der Waals surface area contributed by atoms with E-state index in [4.69, 9.17) is 20.2 Å². The molecule has 3 aromatic rings. The number of imidazole rings is 1. The zero-order valence-electron chi connectivity index (χ0n) is 16.1. The van der Waals surface area contributed by atoms with Crippen molar-refractivity contribution < 1.29 is 9.47 Å². The number of rotatable bonds is 10. The lowest BCUT2D eigenvalue weighted by molar-refractivity contribution is 0.126. The van der Waals surface area contributed by atoms with Gasteiger partial charge < -0.3 is 19.8 Å². The number of hydrogen-bond donors (Lipinski definition) is 2. The highest BCUT2D eigenvalue weighted by Crippen LogP contribution is 2.31. The highest BCUT2D eigenvalue weighted by Gasteiger charge is 2.17. The van der Waals surface area contributed by atoms with Gasteiger partial charge in [-0.1, -0.05) is 18.9 Å². The molecule has 2 aromatic heterocycles. The number of aromatic nitrogens is 3. The number of anilines is 1. The summed E-state index contributed by atoms with van der Waals surface area (Å²) >= 11 is 1.58. The van der Waals surface area contributed by atoms with E-state index in [0.29, 0.717) is 25.6 Å². The summed E-state index contributed by atoms with van der Waals surface area (Å²) in [5.74, 6) is 2.11. The summed E-state index contributed by atoms with van der Waals surface area (Å²) < 4.78 is 16.8. The number of hydrogen-bond acceptors (Lipinski definition) is 7. The molecule has 0 saturated heterocycles. The summed E-state index contributed by atoms with van der Waals surface area (Å²) in [6.45, 7) is 7.47. The van der Waals surface area contributed by atoms with Crippen LogP contribution in [0.15, 0.2) is 18.2 Å². The molecular formula is C19H27N5O2S. The van der Waals surface area contributed by atoms with Crippen molar-refractivity contribution >= 4 is 39.7 Å². The first-order valence-corrected chi connectivity index (χ1v) is 10.5. The molecule has 0 aliphatic rings. The lowest BCUT2D eigenvalue weighted by Gasteiger charge is -2.11. The Labute approximate surface area is 163 Å². The van der Waals surface area contributed by atoms with Crippen molar-refractivity contribution in [3.63, 3.8) is 0 Å². The van der Waals surface area contributed by atoms with Crippen LogP contribution in [0.4, 0.5) is 5.82 Å². The van der Waals surface area contributed by atoms with E-state index in [2.05, 4.69) is 21.2 Å². The van der Waals surface area contributed by atoms with Crippen molar-refractivity contribution in [2.75, 3.05) is 31.7 Å². The number of nitrogen functional groups attached to an aromatic ring is 1. The van der Waals surface area contributed by atoms with Crippen LogP contribution in [0.25, 0.3) is 21.9 Å². The summed E-state index contributed by atoms with van der Waals surface area (Å²) in [6, 6.07) is 5.96. The Balaban J connectivity index is 2.04. The molecule has 8 heteroatoms. The van der Waals surface area contributed by atoms with Crippen LogP contribution in [0.3, 0.4) is 0 Å². The molecule has 0 aliphatic heterocycles. The molecule has 0 bridgehead atoms. The van der Waals surface area contributed by atoms with Gasteiger partial charge in [0.2, 0.25) is 0 Å². The molecule has 0 radical (unpaired) electrons. The van der Waals surface area contributed by atoms with Gasteiger partial charge in [-0.25, -0.2) is 9.97 Å². The minimum absolute atomic E-state index is 0.436. The highest BCUT2D eigenvalue weighted by molar-refractivity contribution is 7.96. The van der Waals surface area contributed by atoms with E-state index in [9.17, 15) is 0 Å². The smallest absolute Gasteiger partial charge is 0.152 e. The zero-order chi connectivity index (χ0) is 19.2. The standard InChI is InChI=1S/C19H27N5O2S/c1-4-9-24-16(12-25-5-2)23-17-18(24)14-7-6-13(26-10-8-21-27-3)11-15(14)22-19(17)20/h6-7,11,21H,4-5,8-10,12H2,1-3H3,(H2,20,22). The number of fused-ring (bicyclic) bond motifs is 3. The number of nitrogens with two attached hydrogens (primary N) is 1. The van der Waals surface area contributed by atoms with E-state index in [1.807, 2.05) is 31.4 Å². The summed E-state index contributed by atoms with van der Waals surface area (Å²) in [4.78, 5) is 9.28. The summed E-state index contributed by atoms with van der Waals surface area (Å²) in [5.41, 5.74) is 8.81. The third-order valence-electron chi connectivity index (χ3n) is 4.25. The van der Waals surface area contributed by atoms with Gasteiger partial charge in [-0.05, 0) is 31.7 Å². The predicted octanol–water partition coefficient (Wildman–Crippen LogP) is 3.36. The monoisotopic (exact) mass is 389 g/mol. The van der Waals surface area contributed by atoms with Crippen LogP contribution in [0.1, 0.15) is 26.1 Å². The molecule has 2 heterocycles. The fourth-order valence-electron chi connectivity index (χ4n) is 3.11. The molecule has 27 heavy (non-hydrogen) atoms. The molecule has 0 saturated carbocycles. The Bertz CT molecular complexity index is 912. The van der Waals surface area contributed by atoms with Crippen LogP contribution in [-0.4, -0.2) is 40.5 Å². The van der Waals surface area contributed by atoms with Crippen molar-refractivity contribution in [2.24, 2.45) is 0 Å². The van der Waals surface area contributed by atoms with Gasteiger partial charge in [-0.15, -0.1) is 0 Å². The van der Waals surface area contributed by atoms with Crippen LogP contribution in [0.5, 0.6) is 5.75 Å². The molecule has 0 spiro atoms. The molecule has 0 amide bonds. The van der Waals surface area contributed by atoms with Crippen molar-refractivity contribution in [1.82, 2.24) is 19.3 Å². The molecule has 0 atom stereocenters. The van der Waals surface area contributed by atoms with Crippen LogP contribution in [0, 0.1) is 0 Å². The van der Waals surface area contributed by atoms with Crippen LogP contribution in [-0.2, 0) is 17.9 Å². The number of aryl methyl sites for hydroxylation is 1. The van der Waals surface area contributed by atoms with Gasteiger partial charge in [0.05, 0.1) is 11.0 Å². The van der Waals surface area contributed by atoms with E-state index < -0.39 is 0 Å². The third-order valence-corrected chi connectivity index (χ3v) is 4.75. The summed E-state index contributed by atoms with van der Waals surface area (Å²) in [5, 5.41) is 1.03. The minimum Gasteiger partial charge on any atom is -0.492 e. The van der Waals surface area contributed by atoms with Gasteiger partial charge in [0.1, 0.15) is 30.3 Å². The molecule has 1 aromatic carbocycles. The number of benzene rings is 1. The molecule has 7 nitrogen and oxygen atoms in total. The maximum atomic E-state index is 6.24. The number of pyridine rings is 1. The molecule has 3 N–H and O–H groups in total.